The number of rotatable bonds is 6. The van der Waals surface area contributed by atoms with Gasteiger partial charge >= 0.3 is 12.4 Å². The van der Waals surface area contributed by atoms with Crippen LogP contribution < -0.4 is 9.47 Å². The summed E-state index contributed by atoms with van der Waals surface area (Å²) in [5, 5.41) is 0. The molecule has 7 nitrogen and oxygen atoms in total. The second-order valence-electron chi connectivity index (χ2n) is 6.47. The van der Waals surface area contributed by atoms with Crippen LogP contribution in [0.2, 0.25) is 0 Å². The van der Waals surface area contributed by atoms with Crippen LogP contribution in [0.1, 0.15) is 25.3 Å². The van der Waals surface area contributed by atoms with Crippen molar-refractivity contribution < 1.29 is 31.1 Å². The van der Waals surface area contributed by atoms with Crippen LogP contribution in [-0.2, 0) is 16.4 Å². The van der Waals surface area contributed by atoms with E-state index in [0.717, 1.165) is 28.4 Å². The van der Waals surface area contributed by atoms with Crippen LogP contribution in [-0.4, -0.2) is 48.2 Å². The maximum atomic E-state index is 13.0. The van der Waals surface area contributed by atoms with E-state index in [1.807, 2.05) is 6.92 Å². The van der Waals surface area contributed by atoms with Gasteiger partial charge in [0.2, 0.25) is 10.0 Å². The second kappa shape index (κ2) is 8.54. The number of sulfonamides is 1. The molecule has 1 aliphatic rings. The summed E-state index contributed by atoms with van der Waals surface area (Å²) in [6.45, 7) is 2.10. The van der Waals surface area contributed by atoms with Gasteiger partial charge in [-0.3, -0.25) is 0 Å². The van der Waals surface area contributed by atoms with E-state index in [1.165, 1.54) is 12.1 Å². The van der Waals surface area contributed by atoms with Crippen molar-refractivity contribution in [1.29, 1.82) is 0 Å². The van der Waals surface area contributed by atoms with Crippen molar-refractivity contribution in [3.8, 4) is 11.8 Å². The molecule has 3 rings (SSSR count). The summed E-state index contributed by atoms with van der Waals surface area (Å²) in [5.74, 6) is -0.762. The minimum atomic E-state index is -5.00. The van der Waals surface area contributed by atoms with Crippen molar-refractivity contribution in [3.63, 3.8) is 0 Å². The van der Waals surface area contributed by atoms with Crippen LogP contribution in [0.25, 0.3) is 0 Å². The number of para-hydroxylation sites is 1. The van der Waals surface area contributed by atoms with Gasteiger partial charge in [-0.05, 0) is 37.0 Å². The summed E-state index contributed by atoms with van der Waals surface area (Å²) < 4.78 is 74.6. The predicted octanol–water partition coefficient (Wildman–Crippen LogP) is 3.17. The van der Waals surface area contributed by atoms with E-state index in [1.54, 1.807) is 12.4 Å². The molecule has 2 heterocycles. The zero-order chi connectivity index (χ0) is 21.1. The quantitative estimate of drug-likeness (QED) is 0.699. The van der Waals surface area contributed by atoms with Crippen LogP contribution in [0.4, 0.5) is 13.2 Å². The lowest BCUT2D eigenvalue weighted by Gasteiger charge is -2.31. The molecule has 0 saturated carbocycles. The van der Waals surface area contributed by atoms with Gasteiger partial charge in [0.25, 0.3) is 0 Å². The first-order valence-electron chi connectivity index (χ1n) is 9.01. The number of benzene rings is 1. The molecular weight excluding hydrogens is 411 g/mol. The third kappa shape index (κ3) is 5.36. The molecule has 1 aromatic carbocycles. The third-order valence-electron chi connectivity index (χ3n) is 4.40. The number of nitrogens with zero attached hydrogens (tertiary/aromatic N) is 3. The highest BCUT2D eigenvalue weighted by molar-refractivity contribution is 7.89. The number of piperidine rings is 1. The fraction of sp³-hybridized carbons (Fsp3) is 0.444. The summed E-state index contributed by atoms with van der Waals surface area (Å²) >= 11 is 0. The minimum Gasteiger partial charge on any atom is -0.459 e. The lowest BCUT2D eigenvalue weighted by Crippen LogP contribution is -2.44. The van der Waals surface area contributed by atoms with Crippen molar-refractivity contribution >= 4 is 10.0 Å². The van der Waals surface area contributed by atoms with Crippen LogP contribution >= 0.6 is 0 Å². The number of hydrogen-bond acceptors (Lipinski definition) is 6. The highest BCUT2D eigenvalue weighted by Gasteiger charge is 2.37. The van der Waals surface area contributed by atoms with Crippen LogP contribution in [0.3, 0.4) is 0 Å². The monoisotopic (exact) mass is 431 g/mol. The summed E-state index contributed by atoms with van der Waals surface area (Å²) in [7, 11) is -4.21. The van der Waals surface area contributed by atoms with E-state index in [-0.39, 0.29) is 19.1 Å². The molecule has 2 aromatic rings. The van der Waals surface area contributed by atoms with Gasteiger partial charge in [0.1, 0.15) is 16.7 Å². The standard InChI is InChI=1S/C18H20F3N3O4S/c1-2-13-10-22-17(23-11-13)27-14-6-5-9-24(12-14)29(25,26)16-8-4-3-7-15(16)28-18(19,20)21/h3-4,7-8,10-11,14H,2,5-6,9,12H2,1H3. The molecule has 0 radical (unpaired) electrons. The summed E-state index contributed by atoms with van der Waals surface area (Å²) in [4.78, 5) is 7.65. The third-order valence-corrected chi connectivity index (χ3v) is 6.30. The van der Waals surface area contributed by atoms with Gasteiger partial charge < -0.3 is 9.47 Å². The van der Waals surface area contributed by atoms with E-state index >= 15 is 0 Å². The Morgan fingerprint density at radius 1 is 1.21 bits per heavy atom. The van der Waals surface area contributed by atoms with Crippen LogP contribution in [0.5, 0.6) is 11.8 Å². The SMILES string of the molecule is CCc1cnc(OC2CCCN(S(=O)(=O)c3ccccc3OC(F)(F)F)C2)nc1. The van der Waals surface area contributed by atoms with Crippen LogP contribution in [0.15, 0.2) is 41.6 Å². The van der Waals surface area contributed by atoms with Gasteiger partial charge in [0, 0.05) is 18.9 Å². The fourth-order valence-corrected chi connectivity index (χ4v) is 4.59. The summed E-state index contributed by atoms with van der Waals surface area (Å²) in [5.41, 5.74) is 0.937. The van der Waals surface area contributed by atoms with Gasteiger partial charge in [0.05, 0.1) is 6.54 Å². The molecule has 0 N–H and O–H groups in total. The van der Waals surface area contributed by atoms with Crippen molar-refractivity contribution in [1.82, 2.24) is 14.3 Å². The smallest absolute Gasteiger partial charge is 0.459 e. The Kier molecular flexibility index (Phi) is 6.27. The molecule has 1 fully saturated rings. The molecule has 158 valence electrons. The van der Waals surface area contributed by atoms with E-state index in [2.05, 4.69) is 14.7 Å². The van der Waals surface area contributed by atoms with Crippen LogP contribution in [0, 0.1) is 0 Å². The first kappa shape index (κ1) is 21.3. The number of alkyl halides is 3. The molecule has 1 unspecified atom stereocenters. The normalized spacial score (nSPS) is 18.4. The van der Waals surface area contributed by atoms with E-state index < -0.39 is 33.1 Å². The maximum absolute atomic E-state index is 13.0. The topological polar surface area (TPSA) is 81.6 Å². The Hall–Kier alpha value is -2.40. The second-order valence-corrected chi connectivity index (χ2v) is 8.37. The largest absolute Gasteiger partial charge is 0.573 e. The van der Waals surface area contributed by atoms with Gasteiger partial charge in [-0.15, -0.1) is 13.2 Å². The predicted molar refractivity (Wildman–Crippen MR) is 96.9 cm³/mol. The molecule has 0 amide bonds. The molecule has 1 atom stereocenters. The average molecular weight is 431 g/mol. The molecule has 0 aliphatic carbocycles. The number of ether oxygens (including phenoxy) is 2. The summed E-state index contributed by atoms with van der Waals surface area (Å²) in [6.07, 6.45) is -0.419. The Bertz CT molecular complexity index is 936. The lowest BCUT2D eigenvalue weighted by atomic mass is 10.1. The molecule has 1 aliphatic heterocycles. The Balaban J connectivity index is 1.77. The van der Waals surface area contributed by atoms with Crippen molar-refractivity contribution in [2.75, 3.05) is 13.1 Å². The lowest BCUT2D eigenvalue weighted by molar-refractivity contribution is -0.275. The fourth-order valence-electron chi connectivity index (χ4n) is 2.97. The van der Waals surface area contributed by atoms with Gasteiger partial charge in [-0.25, -0.2) is 18.4 Å². The van der Waals surface area contributed by atoms with Crippen molar-refractivity contribution in [2.24, 2.45) is 0 Å². The van der Waals surface area contributed by atoms with Crippen molar-refractivity contribution in [3.05, 3.63) is 42.2 Å². The average Bonchev–Trinajstić information content (AvgIpc) is 2.68. The minimum absolute atomic E-state index is 0.0262. The van der Waals surface area contributed by atoms with E-state index in [9.17, 15) is 21.6 Å². The molecule has 1 aromatic heterocycles. The van der Waals surface area contributed by atoms with Crippen molar-refractivity contribution in [2.45, 2.75) is 43.5 Å². The maximum Gasteiger partial charge on any atom is 0.573 e. The molecule has 11 heteroatoms. The highest BCUT2D eigenvalue weighted by Crippen LogP contribution is 2.32. The van der Waals surface area contributed by atoms with E-state index in [4.69, 9.17) is 4.74 Å². The number of halogens is 3. The summed E-state index contributed by atoms with van der Waals surface area (Å²) in [6, 6.07) is 4.82. The number of aryl methyl sites for hydroxylation is 1. The number of hydrogen-bond donors (Lipinski definition) is 0. The van der Waals surface area contributed by atoms with Gasteiger partial charge in [-0.1, -0.05) is 19.1 Å². The Labute approximate surface area is 166 Å². The zero-order valence-corrected chi connectivity index (χ0v) is 16.4. The Morgan fingerprint density at radius 2 is 1.90 bits per heavy atom. The van der Waals surface area contributed by atoms with E-state index in [0.29, 0.717) is 12.8 Å². The first-order chi connectivity index (χ1) is 13.7. The number of aromatic nitrogens is 2. The molecule has 0 bridgehead atoms. The van der Waals surface area contributed by atoms with Gasteiger partial charge in [-0.2, -0.15) is 4.31 Å². The molecule has 29 heavy (non-hydrogen) atoms. The molecule has 0 spiro atoms. The first-order valence-corrected chi connectivity index (χ1v) is 10.5. The molecule has 1 saturated heterocycles. The highest BCUT2D eigenvalue weighted by atomic mass is 32.2. The molecular formula is C18H20F3N3O4S. The zero-order valence-electron chi connectivity index (χ0n) is 15.6. The Morgan fingerprint density at radius 3 is 2.55 bits per heavy atom. The van der Waals surface area contributed by atoms with Gasteiger partial charge in [0.15, 0.2) is 0 Å².